The Bertz CT molecular complexity index is 2440. The van der Waals surface area contributed by atoms with E-state index < -0.39 is 41.9 Å². The Morgan fingerprint density at radius 1 is 0.806 bits per heavy atom. The monoisotopic (exact) mass is 867 g/mol. The zero-order valence-electron chi connectivity index (χ0n) is 34.0. The Morgan fingerprint density at radius 2 is 1.47 bits per heavy atom. The van der Waals surface area contributed by atoms with Gasteiger partial charge in [0.15, 0.2) is 5.75 Å². The normalized spacial score (nSPS) is 11.9. The third-order valence-electron chi connectivity index (χ3n) is 9.79. The van der Waals surface area contributed by atoms with Gasteiger partial charge >= 0.3 is 17.6 Å². The van der Waals surface area contributed by atoms with Crippen LogP contribution in [0.2, 0.25) is 5.02 Å². The highest BCUT2D eigenvalue weighted by atomic mass is 35.5. The summed E-state index contributed by atoms with van der Waals surface area (Å²) < 4.78 is 18.1. The van der Waals surface area contributed by atoms with Gasteiger partial charge in [0.05, 0.1) is 40.6 Å². The van der Waals surface area contributed by atoms with Crippen LogP contribution in [0.25, 0.3) is 22.3 Å². The highest BCUT2D eigenvalue weighted by Gasteiger charge is 2.20. The first-order valence-electron chi connectivity index (χ1n) is 19.5. The van der Waals surface area contributed by atoms with Crippen molar-refractivity contribution >= 4 is 29.2 Å². The van der Waals surface area contributed by atoms with Crippen LogP contribution in [0.3, 0.4) is 0 Å². The Hall–Kier alpha value is -6.61. The summed E-state index contributed by atoms with van der Waals surface area (Å²) in [7, 11) is 0. The van der Waals surface area contributed by atoms with E-state index in [1.807, 2.05) is 50.2 Å². The smallest absolute Gasteiger partial charge is 0.311 e. The molecule has 0 aliphatic rings. The van der Waals surface area contributed by atoms with E-state index in [1.165, 1.54) is 12.3 Å². The summed E-state index contributed by atoms with van der Waals surface area (Å²) in [5, 5.41) is 65.2. The number of hydrogen-bond donors (Lipinski definition) is 6. The fourth-order valence-electron chi connectivity index (χ4n) is 6.65. The molecule has 5 rings (SSSR count). The predicted molar refractivity (Wildman–Crippen MR) is 229 cm³/mol. The average Bonchev–Trinajstić information content (AvgIpc) is 3.23. The molecule has 0 radical (unpaired) electrons. The SMILES string of the molecule is Cc1c(COc2cc(OCc3cncc(C#N)c3)c(CNC[C@@H](O)CC(=O)O)cc2Cl)cccc1-c1cccc(-c2ccc(OCCNC[C@@H](O)CC(=O)O)c([N+](=O)[O-])c2)c1C. The zero-order chi connectivity index (χ0) is 44.8. The van der Waals surface area contributed by atoms with E-state index in [2.05, 4.69) is 21.7 Å². The number of carbonyl (C=O) groups is 2. The maximum Gasteiger partial charge on any atom is 0.311 e. The molecule has 0 aliphatic carbocycles. The number of nitrogens with one attached hydrogen (secondary N) is 2. The Balaban J connectivity index is 1.33. The molecule has 2 atom stereocenters. The number of nitriles is 1. The number of benzene rings is 4. The number of rotatable bonds is 23. The summed E-state index contributed by atoms with van der Waals surface area (Å²) in [6, 6.07) is 23.4. The number of nitrogens with zero attached hydrogens (tertiary/aromatic N) is 3. The molecule has 0 fully saturated rings. The van der Waals surface area contributed by atoms with Crippen molar-refractivity contribution in [2.45, 2.75) is 58.7 Å². The van der Waals surface area contributed by atoms with Crippen molar-refractivity contribution in [2.24, 2.45) is 0 Å². The number of ether oxygens (including phenoxy) is 3. The van der Waals surface area contributed by atoms with Crippen molar-refractivity contribution in [2.75, 3.05) is 26.2 Å². The number of nitro groups is 1. The summed E-state index contributed by atoms with van der Waals surface area (Å²) in [4.78, 5) is 37.5. The molecule has 1 aromatic heterocycles. The number of aliphatic hydroxyl groups is 2. The largest absolute Gasteiger partial charge is 0.488 e. The topological polar surface area (TPSA) is 247 Å². The summed E-state index contributed by atoms with van der Waals surface area (Å²) in [6.07, 6.45) is 0.0454. The van der Waals surface area contributed by atoms with Crippen LogP contribution in [-0.2, 0) is 29.3 Å². The number of aliphatic carboxylic acids is 2. The van der Waals surface area contributed by atoms with Gasteiger partial charge in [-0.3, -0.25) is 24.7 Å². The first-order valence-corrected chi connectivity index (χ1v) is 19.8. The Kier molecular flexibility index (Phi) is 16.7. The van der Waals surface area contributed by atoms with E-state index in [0.717, 1.165) is 33.4 Å². The van der Waals surface area contributed by atoms with Crippen LogP contribution in [0, 0.1) is 35.3 Å². The predicted octanol–water partition coefficient (Wildman–Crippen LogP) is 6.35. The zero-order valence-corrected chi connectivity index (χ0v) is 34.7. The number of carboxylic acid groups (broad SMARTS) is 2. The van der Waals surface area contributed by atoms with Crippen LogP contribution in [0.4, 0.5) is 5.69 Å². The van der Waals surface area contributed by atoms with Gasteiger partial charge < -0.3 is 45.3 Å². The van der Waals surface area contributed by atoms with Crippen LogP contribution < -0.4 is 24.8 Å². The van der Waals surface area contributed by atoms with Crippen molar-refractivity contribution < 1.29 is 49.1 Å². The minimum Gasteiger partial charge on any atom is -0.488 e. The Labute approximate surface area is 362 Å². The lowest BCUT2D eigenvalue weighted by atomic mass is 9.89. The molecule has 0 saturated heterocycles. The summed E-state index contributed by atoms with van der Waals surface area (Å²) >= 11 is 6.74. The second-order valence-corrected chi connectivity index (χ2v) is 14.8. The van der Waals surface area contributed by atoms with E-state index in [-0.39, 0.29) is 57.4 Å². The van der Waals surface area contributed by atoms with Gasteiger partial charge in [0.25, 0.3) is 0 Å². The lowest BCUT2D eigenvalue weighted by molar-refractivity contribution is -0.385. The second-order valence-electron chi connectivity index (χ2n) is 14.4. The minimum atomic E-state index is -1.12. The molecule has 0 spiro atoms. The van der Waals surface area contributed by atoms with Crippen molar-refractivity contribution in [3.8, 4) is 45.6 Å². The van der Waals surface area contributed by atoms with Crippen LogP contribution in [0.1, 0.15) is 46.2 Å². The number of aliphatic hydroxyl groups excluding tert-OH is 2. The van der Waals surface area contributed by atoms with Gasteiger partial charge in [-0.05, 0) is 71.0 Å². The molecular formula is C45H46ClN5O11. The standard InChI is InChI=1S/C45H46ClN5O11/c1-27-32(26-62-43-18-42(61-25-30-13-29(19-47)20-49-21-30)33(14-39(43)46)22-50-24-35(53)17-45(56)57)5-3-7-37(27)38-8-4-6-36(28(38)2)31-9-10-41(40(15-31)51(58)59)60-12-11-48-23-34(52)16-44(54)55/h3-10,13-15,18,20-21,34-35,48,50,52-53H,11-12,16-17,22-26H2,1-2H3,(H,54,55)(H,56,57)/t34-,35-/m0/s1. The van der Waals surface area contributed by atoms with Crippen LogP contribution in [0.15, 0.2) is 85.2 Å². The van der Waals surface area contributed by atoms with Crippen LogP contribution in [0.5, 0.6) is 17.2 Å². The molecule has 1 heterocycles. The number of halogens is 1. The number of hydrogen-bond acceptors (Lipinski definition) is 13. The van der Waals surface area contributed by atoms with Gasteiger partial charge in [-0.25, -0.2) is 0 Å². The fraction of sp³-hybridized carbons (Fsp3) is 0.289. The molecule has 62 heavy (non-hydrogen) atoms. The molecule has 17 heteroatoms. The number of nitro benzene ring substituents is 1. The highest BCUT2D eigenvalue weighted by molar-refractivity contribution is 6.32. The van der Waals surface area contributed by atoms with Gasteiger partial charge in [0.2, 0.25) is 0 Å². The van der Waals surface area contributed by atoms with Crippen LogP contribution >= 0.6 is 11.6 Å². The van der Waals surface area contributed by atoms with E-state index in [9.17, 15) is 35.2 Å². The molecule has 6 N–H and O–H groups in total. The second kappa shape index (κ2) is 22.3. The molecule has 324 valence electrons. The Morgan fingerprint density at radius 3 is 2.16 bits per heavy atom. The quantitative estimate of drug-likeness (QED) is 0.0238. The van der Waals surface area contributed by atoms with Gasteiger partial charge in [0, 0.05) is 61.8 Å². The van der Waals surface area contributed by atoms with Gasteiger partial charge in [0.1, 0.15) is 37.4 Å². The van der Waals surface area contributed by atoms with Crippen molar-refractivity contribution in [3.63, 3.8) is 0 Å². The molecule has 0 bridgehead atoms. The molecule has 0 amide bonds. The minimum absolute atomic E-state index is 0.0153. The first-order chi connectivity index (χ1) is 29.7. The number of carboxylic acids is 2. The van der Waals surface area contributed by atoms with E-state index >= 15 is 0 Å². The highest BCUT2D eigenvalue weighted by Crippen LogP contribution is 2.39. The molecule has 0 unspecified atom stereocenters. The van der Waals surface area contributed by atoms with E-state index in [4.69, 9.17) is 36.0 Å². The fourth-order valence-corrected chi connectivity index (χ4v) is 6.89. The van der Waals surface area contributed by atoms with E-state index in [1.54, 1.807) is 36.5 Å². The maximum absolute atomic E-state index is 12.1. The average molecular weight is 868 g/mol. The van der Waals surface area contributed by atoms with Crippen molar-refractivity contribution in [3.05, 3.63) is 134 Å². The number of pyridine rings is 1. The van der Waals surface area contributed by atoms with Gasteiger partial charge in [-0.2, -0.15) is 5.26 Å². The van der Waals surface area contributed by atoms with Crippen molar-refractivity contribution in [1.29, 1.82) is 5.26 Å². The maximum atomic E-state index is 12.1. The lowest BCUT2D eigenvalue weighted by Crippen LogP contribution is -2.31. The molecule has 4 aromatic carbocycles. The van der Waals surface area contributed by atoms with Gasteiger partial charge in [-0.15, -0.1) is 0 Å². The summed E-state index contributed by atoms with van der Waals surface area (Å²) in [6.45, 7) is 4.67. The van der Waals surface area contributed by atoms with Crippen LogP contribution in [-0.4, -0.2) is 80.7 Å². The summed E-state index contributed by atoms with van der Waals surface area (Å²) in [5.41, 5.74) is 7.37. The van der Waals surface area contributed by atoms with Crippen molar-refractivity contribution in [1.82, 2.24) is 15.6 Å². The molecule has 5 aromatic rings. The van der Waals surface area contributed by atoms with Gasteiger partial charge in [-0.1, -0.05) is 54.1 Å². The molecule has 16 nitrogen and oxygen atoms in total. The lowest BCUT2D eigenvalue weighted by Gasteiger charge is -2.18. The molecular weight excluding hydrogens is 822 g/mol. The summed E-state index contributed by atoms with van der Waals surface area (Å²) in [5.74, 6) is -1.42. The molecule has 0 aliphatic heterocycles. The third-order valence-corrected chi connectivity index (χ3v) is 10.1. The van der Waals surface area contributed by atoms with E-state index in [0.29, 0.717) is 38.8 Å². The number of aromatic nitrogens is 1. The first kappa shape index (κ1) is 46.5. The molecule has 0 saturated carbocycles. The third kappa shape index (κ3) is 12.9.